The van der Waals surface area contributed by atoms with Gasteiger partial charge in [-0.3, -0.25) is 4.90 Å². The first-order chi connectivity index (χ1) is 9.08. The first-order valence-corrected chi connectivity index (χ1v) is 8.55. The van der Waals surface area contributed by atoms with Crippen molar-refractivity contribution in [1.29, 1.82) is 0 Å². The van der Waals surface area contributed by atoms with Gasteiger partial charge >= 0.3 is 0 Å². The van der Waals surface area contributed by atoms with E-state index >= 15 is 0 Å². The predicted octanol–water partition coefficient (Wildman–Crippen LogP) is 3.52. The van der Waals surface area contributed by atoms with Gasteiger partial charge in [0.15, 0.2) is 0 Å². The Morgan fingerprint density at radius 2 is 1.95 bits per heavy atom. The molecule has 0 aromatic heterocycles. The summed E-state index contributed by atoms with van der Waals surface area (Å²) >= 11 is 0. The molecule has 0 radical (unpaired) electrons. The minimum Gasteiger partial charge on any atom is -0.313 e. The second-order valence-corrected chi connectivity index (χ2v) is 7.46. The van der Waals surface area contributed by atoms with E-state index in [4.69, 9.17) is 0 Å². The highest BCUT2D eigenvalue weighted by Crippen LogP contribution is 2.33. The van der Waals surface area contributed by atoms with Crippen molar-refractivity contribution in [3.05, 3.63) is 0 Å². The van der Waals surface area contributed by atoms with Crippen LogP contribution in [-0.4, -0.2) is 36.6 Å². The quantitative estimate of drug-likeness (QED) is 0.841. The third kappa shape index (κ3) is 4.19. The number of nitrogens with one attached hydrogen (secondary N) is 1. The van der Waals surface area contributed by atoms with Crippen molar-refractivity contribution in [3.63, 3.8) is 0 Å². The molecule has 2 fully saturated rings. The minimum absolute atomic E-state index is 0.715. The van der Waals surface area contributed by atoms with Crippen LogP contribution in [-0.2, 0) is 0 Å². The zero-order valence-corrected chi connectivity index (χ0v) is 13.5. The van der Waals surface area contributed by atoms with E-state index in [1.807, 2.05) is 0 Å². The minimum atomic E-state index is 0.715. The maximum absolute atomic E-state index is 3.77. The zero-order valence-electron chi connectivity index (χ0n) is 13.5. The van der Waals surface area contributed by atoms with E-state index in [0.29, 0.717) is 6.04 Å². The van der Waals surface area contributed by atoms with E-state index in [0.717, 1.165) is 23.8 Å². The molecule has 0 spiro atoms. The average molecular weight is 266 g/mol. The Kier molecular flexibility index (Phi) is 5.70. The number of nitrogens with zero attached hydrogens (tertiary/aromatic N) is 1. The van der Waals surface area contributed by atoms with Crippen LogP contribution in [0.3, 0.4) is 0 Å². The molecule has 2 heteroatoms. The molecular weight excluding hydrogens is 232 g/mol. The Morgan fingerprint density at radius 3 is 2.68 bits per heavy atom. The van der Waals surface area contributed by atoms with Crippen LogP contribution in [0.1, 0.15) is 59.8 Å². The molecule has 1 saturated carbocycles. The van der Waals surface area contributed by atoms with Gasteiger partial charge in [-0.25, -0.2) is 0 Å². The average Bonchev–Trinajstić information content (AvgIpc) is 2.57. The molecule has 112 valence electrons. The molecule has 2 aliphatic rings. The lowest BCUT2D eigenvalue weighted by Gasteiger charge is -2.42. The van der Waals surface area contributed by atoms with E-state index in [1.165, 1.54) is 51.7 Å². The van der Waals surface area contributed by atoms with Crippen molar-refractivity contribution in [2.24, 2.45) is 17.8 Å². The molecule has 19 heavy (non-hydrogen) atoms. The van der Waals surface area contributed by atoms with E-state index in [1.54, 1.807) is 0 Å². The lowest BCUT2D eigenvalue weighted by molar-refractivity contribution is 0.0779. The SMILES string of the molecule is CC(C)CC1CN(C2CCCC(C)C2C)CCCN1. The van der Waals surface area contributed by atoms with Crippen LogP contribution in [0.2, 0.25) is 0 Å². The summed E-state index contributed by atoms with van der Waals surface area (Å²) in [6, 6.07) is 1.56. The van der Waals surface area contributed by atoms with Gasteiger partial charge in [0, 0.05) is 18.6 Å². The largest absolute Gasteiger partial charge is 0.313 e. The first-order valence-electron chi connectivity index (χ1n) is 8.55. The summed E-state index contributed by atoms with van der Waals surface area (Å²) in [7, 11) is 0. The van der Waals surface area contributed by atoms with Gasteiger partial charge in [-0.1, -0.05) is 40.5 Å². The fourth-order valence-electron chi connectivity index (χ4n) is 4.12. The van der Waals surface area contributed by atoms with Gasteiger partial charge in [0.2, 0.25) is 0 Å². The summed E-state index contributed by atoms with van der Waals surface area (Å²) in [5.74, 6) is 2.60. The lowest BCUT2D eigenvalue weighted by atomic mass is 9.77. The van der Waals surface area contributed by atoms with Crippen molar-refractivity contribution in [2.75, 3.05) is 19.6 Å². The molecule has 2 nitrogen and oxygen atoms in total. The smallest absolute Gasteiger partial charge is 0.0197 e. The molecule has 0 aromatic carbocycles. The normalized spacial score (nSPS) is 38.4. The maximum atomic E-state index is 3.77. The fourth-order valence-corrected chi connectivity index (χ4v) is 4.12. The fraction of sp³-hybridized carbons (Fsp3) is 1.00. The summed E-state index contributed by atoms with van der Waals surface area (Å²) in [5, 5.41) is 3.77. The van der Waals surface area contributed by atoms with Crippen LogP contribution >= 0.6 is 0 Å². The summed E-state index contributed by atoms with van der Waals surface area (Å²) in [6.07, 6.45) is 6.97. The monoisotopic (exact) mass is 266 g/mol. The Labute approximate surface area is 120 Å². The van der Waals surface area contributed by atoms with E-state index < -0.39 is 0 Å². The molecule has 1 saturated heterocycles. The van der Waals surface area contributed by atoms with Crippen LogP contribution in [0.15, 0.2) is 0 Å². The summed E-state index contributed by atoms with van der Waals surface area (Å²) < 4.78 is 0. The molecule has 4 unspecified atom stereocenters. The molecule has 1 aliphatic carbocycles. The molecule has 1 aliphatic heterocycles. The van der Waals surface area contributed by atoms with Crippen LogP contribution in [0.5, 0.6) is 0 Å². The number of rotatable bonds is 3. The topological polar surface area (TPSA) is 15.3 Å². The number of hydrogen-bond donors (Lipinski definition) is 1. The van der Waals surface area contributed by atoms with Gasteiger partial charge in [-0.2, -0.15) is 0 Å². The Bertz CT molecular complexity index is 264. The molecule has 0 bridgehead atoms. The van der Waals surface area contributed by atoms with Gasteiger partial charge < -0.3 is 5.32 Å². The molecule has 1 heterocycles. The third-order valence-corrected chi connectivity index (χ3v) is 5.40. The van der Waals surface area contributed by atoms with Crippen LogP contribution in [0.25, 0.3) is 0 Å². The molecular formula is C17H34N2. The highest BCUT2D eigenvalue weighted by atomic mass is 15.2. The molecule has 2 rings (SSSR count). The zero-order chi connectivity index (χ0) is 13.8. The highest BCUT2D eigenvalue weighted by Gasteiger charge is 2.33. The Morgan fingerprint density at radius 1 is 1.16 bits per heavy atom. The van der Waals surface area contributed by atoms with E-state index in [2.05, 4.69) is 37.9 Å². The van der Waals surface area contributed by atoms with Crippen LogP contribution in [0, 0.1) is 17.8 Å². The van der Waals surface area contributed by atoms with Crippen molar-refractivity contribution < 1.29 is 0 Å². The Hall–Kier alpha value is -0.0800. The summed E-state index contributed by atoms with van der Waals surface area (Å²) in [4.78, 5) is 2.83. The first kappa shape index (κ1) is 15.3. The standard InChI is InChI=1S/C17H34N2/c1-13(2)11-16-12-19(10-6-9-18-16)17-8-5-7-14(3)15(17)4/h13-18H,5-12H2,1-4H3. The summed E-state index contributed by atoms with van der Waals surface area (Å²) in [5.41, 5.74) is 0. The highest BCUT2D eigenvalue weighted by molar-refractivity contribution is 4.88. The molecule has 4 atom stereocenters. The van der Waals surface area contributed by atoms with E-state index in [9.17, 15) is 0 Å². The predicted molar refractivity (Wildman–Crippen MR) is 83.4 cm³/mol. The molecule has 0 aromatic rings. The third-order valence-electron chi connectivity index (χ3n) is 5.40. The van der Waals surface area contributed by atoms with Crippen molar-refractivity contribution >= 4 is 0 Å². The van der Waals surface area contributed by atoms with Crippen LogP contribution in [0.4, 0.5) is 0 Å². The van der Waals surface area contributed by atoms with Gasteiger partial charge in [-0.15, -0.1) is 0 Å². The lowest BCUT2D eigenvalue weighted by Crippen LogP contribution is -2.48. The van der Waals surface area contributed by atoms with Gasteiger partial charge in [0.05, 0.1) is 0 Å². The summed E-state index contributed by atoms with van der Waals surface area (Å²) in [6.45, 7) is 13.4. The molecule has 0 amide bonds. The molecule has 1 N–H and O–H groups in total. The second kappa shape index (κ2) is 7.08. The maximum Gasteiger partial charge on any atom is 0.0197 e. The van der Waals surface area contributed by atoms with Gasteiger partial charge in [0.25, 0.3) is 0 Å². The van der Waals surface area contributed by atoms with E-state index in [-0.39, 0.29) is 0 Å². The van der Waals surface area contributed by atoms with Crippen molar-refractivity contribution in [3.8, 4) is 0 Å². The number of hydrogen-bond acceptors (Lipinski definition) is 2. The van der Waals surface area contributed by atoms with Crippen LogP contribution < -0.4 is 5.32 Å². The van der Waals surface area contributed by atoms with Crippen molar-refractivity contribution in [2.45, 2.75) is 71.9 Å². The second-order valence-electron chi connectivity index (χ2n) is 7.46. The van der Waals surface area contributed by atoms with Gasteiger partial charge in [-0.05, 0) is 50.1 Å². The van der Waals surface area contributed by atoms with Gasteiger partial charge in [0.1, 0.15) is 0 Å². The Balaban J connectivity index is 1.96. The van der Waals surface area contributed by atoms with Crippen molar-refractivity contribution in [1.82, 2.24) is 10.2 Å².